The molecule has 0 spiro atoms. The summed E-state index contributed by atoms with van der Waals surface area (Å²) in [6, 6.07) is 1.44. The number of furan rings is 1. The molecule has 1 aromatic heterocycles. The average molecular weight is 161 g/mol. The number of methoxy groups -OCH3 is 1. The lowest BCUT2D eigenvalue weighted by Crippen LogP contribution is -1.83. The number of halogens is 1. The topological polar surface area (TPSA) is 39.4 Å². The molecular weight excluding hydrogens is 156 g/mol. The Morgan fingerprint density at radius 1 is 1.80 bits per heavy atom. The number of rotatable bonds is 2. The third kappa shape index (κ3) is 1.14. The van der Waals surface area contributed by atoms with Crippen molar-refractivity contribution in [2.75, 3.05) is 7.11 Å². The van der Waals surface area contributed by atoms with Gasteiger partial charge in [0.1, 0.15) is 0 Å². The predicted molar refractivity (Wildman–Crippen MR) is 35.7 cm³/mol. The third-order valence-corrected chi connectivity index (χ3v) is 1.21. The lowest BCUT2D eigenvalue weighted by Gasteiger charge is -1.90. The molecule has 1 heterocycles. The minimum absolute atomic E-state index is 0.118. The molecule has 0 aliphatic carbocycles. The van der Waals surface area contributed by atoms with Crippen LogP contribution in [0.15, 0.2) is 10.5 Å². The standard InChI is InChI=1S/C6H5ClO3/c1-9-4-2-6(7)10-5(4)3-8/h2-3H,1H3. The van der Waals surface area contributed by atoms with Crippen LogP contribution in [0.4, 0.5) is 0 Å². The Kier molecular flexibility index (Phi) is 1.97. The van der Waals surface area contributed by atoms with E-state index in [1.807, 2.05) is 0 Å². The molecular formula is C6H5ClO3. The SMILES string of the molecule is COc1cc(Cl)oc1C=O. The van der Waals surface area contributed by atoms with Crippen molar-refractivity contribution in [3.8, 4) is 5.75 Å². The van der Waals surface area contributed by atoms with Crippen molar-refractivity contribution in [1.82, 2.24) is 0 Å². The molecule has 0 atom stereocenters. The Labute approximate surface area is 62.5 Å². The van der Waals surface area contributed by atoms with E-state index in [0.717, 1.165) is 0 Å². The second kappa shape index (κ2) is 2.75. The van der Waals surface area contributed by atoms with Gasteiger partial charge < -0.3 is 9.15 Å². The van der Waals surface area contributed by atoms with Gasteiger partial charge in [-0.3, -0.25) is 4.79 Å². The fraction of sp³-hybridized carbons (Fsp3) is 0.167. The monoisotopic (exact) mass is 160 g/mol. The summed E-state index contributed by atoms with van der Waals surface area (Å²) in [5.74, 6) is 0.479. The number of ether oxygens (including phenoxy) is 1. The molecule has 0 saturated carbocycles. The van der Waals surface area contributed by atoms with Gasteiger partial charge >= 0.3 is 0 Å². The molecule has 0 N–H and O–H groups in total. The Hall–Kier alpha value is -0.960. The highest BCUT2D eigenvalue weighted by atomic mass is 35.5. The van der Waals surface area contributed by atoms with Gasteiger partial charge in [0, 0.05) is 6.07 Å². The van der Waals surface area contributed by atoms with Crippen molar-refractivity contribution in [3.63, 3.8) is 0 Å². The van der Waals surface area contributed by atoms with Gasteiger partial charge in [-0.1, -0.05) is 0 Å². The van der Waals surface area contributed by atoms with E-state index < -0.39 is 0 Å². The fourth-order valence-corrected chi connectivity index (χ4v) is 0.783. The normalized spacial score (nSPS) is 9.40. The molecule has 0 radical (unpaired) electrons. The molecule has 1 aromatic rings. The van der Waals surface area contributed by atoms with E-state index in [9.17, 15) is 4.79 Å². The summed E-state index contributed by atoms with van der Waals surface area (Å²) in [5.41, 5.74) is 0. The Morgan fingerprint density at radius 2 is 2.50 bits per heavy atom. The molecule has 4 heteroatoms. The third-order valence-electron chi connectivity index (χ3n) is 1.02. The zero-order chi connectivity index (χ0) is 7.56. The molecule has 0 aliphatic rings. The van der Waals surface area contributed by atoms with Crippen LogP contribution in [0.1, 0.15) is 10.6 Å². The van der Waals surface area contributed by atoms with Gasteiger partial charge in [-0.05, 0) is 11.6 Å². The molecule has 0 amide bonds. The van der Waals surface area contributed by atoms with Crippen molar-refractivity contribution < 1.29 is 13.9 Å². The molecule has 3 nitrogen and oxygen atoms in total. The van der Waals surface area contributed by atoms with Gasteiger partial charge in [0.2, 0.25) is 5.76 Å². The Balaban J connectivity index is 3.08. The van der Waals surface area contributed by atoms with Gasteiger partial charge in [0.05, 0.1) is 7.11 Å². The molecule has 1 rings (SSSR count). The Bertz CT molecular complexity index is 241. The number of carbonyl (C=O) groups is 1. The van der Waals surface area contributed by atoms with Crippen molar-refractivity contribution in [2.45, 2.75) is 0 Å². The number of hydrogen-bond donors (Lipinski definition) is 0. The quantitative estimate of drug-likeness (QED) is 0.619. The minimum atomic E-state index is 0.118. The molecule has 10 heavy (non-hydrogen) atoms. The van der Waals surface area contributed by atoms with Crippen molar-refractivity contribution in [1.29, 1.82) is 0 Å². The maximum Gasteiger partial charge on any atom is 0.210 e. The van der Waals surface area contributed by atoms with Gasteiger partial charge in [-0.25, -0.2) is 0 Å². The highest BCUT2D eigenvalue weighted by Gasteiger charge is 2.07. The van der Waals surface area contributed by atoms with E-state index in [4.69, 9.17) is 20.8 Å². The summed E-state index contributed by atoms with van der Waals surface area (Å²) in [7, 11) is 1.44. The first-order valence-electron chi connectivity index (χ1n) is 2.56. The van der Waals surface area contributed by atoms with Gasteiger partial charge in [0.15, 0.2) is 17.3 Å². The van der Waals surface area contributed by atoms with Crippen LogP contribution in [0.5, 0.6) is 5.75 Å². The summed E-state index contributed by atoms with van der Waals surface area (Å²) in [5, 5.41) is 0.152. The molecule has 0 saturated heterocycles. The summed E-state index contributed by atoms with van der Waals surface area (Å²) >= 11 is 5.42. The van der Waals surface area contributed by atoms with E-state index in [2.05, 4.69) is 0 Å². The first-order chi connectivity index (χ1) is 4.77. The number of carbonyl (C=O) groups excluding carboxylic acids is 1. The molecule has 0 bridgehead atoms. The van der Waals surface area contributed by atoms with Gasteiger partial charge in [-0.15, -0.1) is 0 Å². The van der Waals surface area contributed by atoms with E-state index in [0.29, 0.717) is 12.0 Å². The average Bonchev–Trinajstić information content (AvgIpc) is 2.30. The summed E-state index contributed by atoms with van der Waals surface area (Å²) in [4.78, 5) is 10.2. The smallest absolute Gasteiger partial charge is 0.210 e. The summed E-state index contributed by atoms with van der Waals surface area (Å²) in [6.45, 7) is 0. The van der Waals surface area contributed by atoms with Crippen LogP contribution in [-0.4, -0.2) is 13.4 Å². The highest BCUT2D eigenvalue weighted by Crippen LogP contribution is 2.24. The van der Waals surface area contributed by atoms with E-state index in [1.54, 1.807) is 0 Å². The zero-order valence-electron chi connectivity index (χ0n) is 5.26. The zero-order valence-corrected chi connectivity index (χ0v) is 6.01. The summed E-state index contributed by atoms with van der Waals surface area (Å²) < 4.78 is 9.47. The second-order valence-corrected chi connectivity index (χ2v) is 1.97. The molecule has 0 unspecified atom stereocenters. The largest absolute Gasteiger partial charge is 0.493 e. The fourth-order valence-electron chi connectivity index (χ4n) is 0.601. The number of hydrogen-bond acceptors (Lipinski definition) is 3. The first-order valence-corrected chi connectivity index (χ1v) is 2.94. The molecule has 0 fully saturated rings. The van der Waals surface area contributed by atoms with Crippen LogP contribution in [0.3, 0.4) is 0 Å². The van der Waals surface area contributed by atoms with E-state index in [1.165, 1.54) is 13.2 Å². The highest BCUT2D eigenvalue weighted by molar-refractivity contribution is 6.29. The van der Waals surface area contributed by atoms with E-state index >= 15 is 0 Å². The van der Waals surface area contributed by atoms with Gasteiger partial charge in [0.25, 0.3) is 0 Å². The maximum atomic E-state index is 10.2. The molecule has 54 valence electrons. The van der Waals surface area contributed by atoms with Crippen LogP contribution in [-0.2, 0) is 0 Å². The lowest BCUT2D eigenvalue weighted by molar-refractivity contribution is 0.109. The van der Waals surface area contributed by atoms with Gasteiger partial charge in [-0.2, -0.15) is 0 Å². The maximum absolute atomic E-state index is 10.2. The number of aldehydes is 1. The minimum Gasteiger partial charge on any atom is -0.493 e. The van der Waals surface area contributed by atoms with Crippen LogP contribution in [0.25, 0.3) is 0 Å². The van der Waals surface area contributed by atoms with Crippen LogP contribution in [0, 0.1) is 0 Å². The van der Waals surface area contributed by atoms with Crippen molar-refractivity contribution >= 4 is 17.9 Å². The molecule has 0 aromatic carbocycles. The Morgan fingerprint density at radius 3 is 2.90 bits per heavy atom. The van der Waals surface area contributed by atoms with Crippen molar-refractivity contribution in [2.24, 2.45) is 0 Å². The van der Waals surface area contributed by atoms with E-state index in [-0.39, 0.29) is 11.0 Å². The second-order valence-electron chi connectivity index (χ2n) is 1.60. The van der Waals surface area contributed by atoms with Crippen molar-refractivity contribution in [3.05, 3.63) is 17.0 Å². The van der Waals surface area contributed by atoms with Crippen LogP contribution < -0.4 is 4.74 Å². The molecule has 0 aliphatic heterocycles. The summed E-state index contributed by atoms with van der Waals surface area (Å²) in [6.07, 6.45) is 0.546. The first kappa shape index (κ1) is 7.15. The lowest BCUT2D eigenvalue weighted by atomic mass is 10.4. The predicted octanol–water partition coefficient (Wildman–Crippen LogP) is 1.75. The van der Waals surface area contributed by atoms with Crippen LogP contribution in [0.2, 0.25) is 5.22 Å². The van der Waals surface area contributed by atoms with Crippen LogP contribution >= 0.6 is 11.6 Å².